The van der Waals surface area contributed by atoms with Crippen LogP contribution in [0.2, 0.25) is 0 Å². The predicted molar refractivity (Wildman–Crippen MR) is 431 cm³/mol. The first-order valence-electron chi connectivity index (χ1n) is 45.1. The zero-order valence-electron chi connectivity index (χ0n) is 69.1. The highest BCUT2D eigenvalue weighted by Gasteiger charge is 2.60. The van der Waals surface area contributed by atoms with Crippen LogP contribution < -0.4 is 10.6 Å². The number of hydrogen-bond acceptors (Lipinski definition) is 20. The van der Waals surface area contributed by atoms with Gasteiger partial charge in [0, 0.05) is 19.8 Å². The van der Waals surface area contributed by atoms with Crippen molar-refractivity contribution >= 4 is 17.8 Å². The van der Waals surface area contributed by atoms with Crippen LogP contribution in [0.25, 0.3) is 0 Å². The molecule has 0 aromatic rings. The third kappa shape index (κ3) is 44.1. The van der Waals surface area contributed by atoms with Gasteiger partial charge in [-0.15, -0.1) is 0 Å². The first kappa shape index (κ1) is 102. The van der Waals surface area contributed by atoms with Crippen molar-refractivity contribution in [3.8, 4) is 0 Å². The van der Waals surface area contributed by atoms with Crippen LogP contribution in [0.1, 0.15) is 387 Å². The van der Waals surface area contributed by atoms with Crippen LogP contribution in [-0.2, 0) is 42.8 Å². The molecule has 3 aliphatic heterocycles. The minimum Gasteiger partial charge on any atom is -0.477 e. The number of carboxylic acids is 1. The van der Waals surface area contributed by atoms with Gasteiger partial charge in [0.1, 0.15) is 67.1 Å². The summed E-state index contributed by atoms with van der Waals surface area (Å²) in [5.74, 6) is -6.13. The van der Waals surface area contributed by atoms with Crippen LogP contribution in [0.15, 0.2) is 12.2 Å². The Kier molecular flexibility index (Phi) is 60.5. The molecule has 0 aromatic heterocycles. The van der Waals surface area contributed by atoms with Gasteiger partial charge in [0.05, 0.1) is 50.7 Å². The second-order valence-electron chi connectivity index (χ2n) is 32.8. The number of aliphatic hydroxyl groups excluding tert-OH is 11. The van der Waals surface area contributed by atoms with Crippen LogP contribution >= 0.6 is 0 Å². The molecule has 648 valence electrons. The number of rotatable bonds is 73. The third-order valence-corrected chi connectivity index (χ3v) is 23.0. The summed E-state index contributed by atoms with van der Waals surface area (Å²) in [4.78, 5) is 38.8. The van der Waals surface area contributed by atoms with Gasteiger partial charge in [-0.2, -0.15) is 0 Å². The number of carbonyl (C=O) groups is 3. The molecule has 2 amide bonds. The van der Waals surface area contributed by atoms with Gasteiger partial charge in [-0.1, -0.05) is 360 Å². The van der Waals surface area contributed by atoms with Crippen LogP contribution in [0.4, 0.5) is 0 Å². The number of carbonyl (C=O) groups excluding carboxylic acids is 2. The maximum atomic E-state index is 13.6. The number of amides is 2. The molecule has 0 spiro atoms. The Morgan fingerprint density at radius 1 is 0.473 bits per heavy atom. The van der Waals surface area contributed by atoms with Crippen LogP contribution in [0.3, 0.4) is 0 Å². The molecular weight excluding hydrogens is 1410 g/mol. The fraction of sp³-hybridized carbons (Fsp3) is 0.943. The normalized spacial score (nSPS) is 25.6. The minimum absolute atomic E-state index is 0.206. The SMILES string of the molecule is CCCCCCCCCCCCCCCCCCCCCCC/C=C/C(O)C(COC1OC(CO)C(OC2OC(CO)C(O)C(OC3(C(=O)O)CC(O)C(NC(C)=O)C(C(O)C(O)CO)O3)C2O)C(O)C1O)NC(=O)CCCCCCCCCCCCCCCCCCCCCCCCCCCCCCCCCCC. The van der Waals surface area contributed by atoms with Gasteiger partial charge < -0.3 is 100 Å². The largest absolute Gasteiger partial charge is 0.477 e. The van der Waals surface area contributed by atoms with E-state index in [2.05, 4.69) is 24.5 Å². The van der Waals surface area contributed by atoms with E-state index in [-0.39, 0.29) is 12.3 Å². The Morgan fingerprint density at radius 2 is 0.845 bits per heavy atom. The number of nitrogens with one attached hydrogen (secondary N) is 2. The molecule has 3 aliphatic rings. The molecule has 3 saturated heterocycles. The van der Waals surface area contributed by atoms with Gasteiger partial charge in [0.15, 0.2) is 12.6 Å². The van der Waals surface area contributed by atoms with Crippen molar-refractivity contribution in [1.82, 2.24) is 10.6 Å². The molecule has 14 N–H and O–H groups in total. The molecule has 0 saturated carbocycles. The zero-order chi connectivity index (χ0) is 80.3. The molecule has 3 fully saturated rings. The van der Waals surface area contributed by atoms with Crippen molar-refractivity contribution < 1.29 is 104 Å². The predicted octanol–water partition coefficient (Wildman–Crippen LogP) is 14.1. The van der Waals surface area contributed by atoms with E-state index < -0.39 is 155 Å². The Bertz CT molecular complexity index is 2220. The Morgan fingerprint density at radius 3 is 1.21 bits per heavy atom. The van der Waals surface area contributed by atoms with Crippen molar-refractivity contribution in [2.24, 2.45) is 0 Å². The number of ether oxygens (including phenoxy) is 6. The highest BCUT2D eigenvalue weighted by atomic mass is 16.8. The molecule has 0 radical (unpaired) electrons. The van der Waals surface area contributed by atoms with Crippen molar-refractivity contribution in [3.63, 3.8) is 0 Å². The first-order chi connectivity index (χ1) is 53.4. The summed E-state index contributed by atoms with van der Waals surface area (Å²) < 4.78 is 35.0. The monoisotopic (exact) mass is 1570 g/mol. The summed E-state index contributed by atoms with van der Waals surface area (Å²) in [5.41, 5.74) is 0. The maximum absolute atomic E-state index is 13.6. The van der Waals surface area contributed by atoms with Crippen LogP contribution in [0, 0.1) is 0 Å². The number of aliphatic carboxylic acids is 1. The second-order valence-corrected chi connectivity index (χ2v) is 32.8. The van der Waals surface area contributed by atoms with Gasteiger partial charge in [-0.25, -0.2) is 4.79 Å². The van der Waals surface area contributed by atoms with Gasteiger partial charge >= 0.3 is 5.97 Å². The highest BCUT2D eigenvalue weighted by Crippen LogP contribution is 2.39. The van der Waals surface area contributed by atoms with Crippen molar-refractivity contribution in [3.05, 3.63) is 12.2 Å². The van der Waals surface area contributed by atoms with Crippen LogP contribution in [0.5, 0.6) is 0 Å². The molecule has 3 heterocycles. The molecule has 3 rings (SSSR count). The Labute approximate surface area is 664 Å². The van der Waals surface area contributed by atoms with E-state index in [0.29, 0.717) is 12.8 Å². The van der Waals surface area contributed by atoms with Gasteiger partial charge in [0.2, 0.25) is 11.8 Å². The molecule has 18 unspecified atom stereocenters. The summed E-state index contributed by atoms with van der Waals surface area (Å²) in [5, 5.41) is 137. The van der Waals surface area contributed by atoms with Crippen molar-refractivity contribution in [1.29, 1.82) is 0 Å². The molecule has 23 heteroatoms. The summed E-state index contributed by atoms with van der Waals surface area (Å²) in [6.07, 6.45) is 45.5. The van der Waals surface area contributed by atoms with Gasteiger partial charge in [-0.05, 0) is 19.3 Å². The summed E-state index contributed by atoms with van der Waals surface area (Å²) in [6.45, 7) is 2.22. The molecular formula is C87H164N2O21. The van der Waals surface area contributed by atoms with E-state index in [9.17, 15) is 75.7 Å². The fourth-order valence-corrected chi connectivity index (χ4v) is 15.9. The Balaban J connectivity index is 1.45. The molecule has 0 aliphatic carbocycles. The highest BCUT2D eigenvalue weighted by molar-refractivity contribution is 5.77. The average molecular weight is 1570 g/mol. The topological polar surface area (TPSA) is 373 Å². The lowest BCUT2D eigenvalue weighted by atomic mass is 9.88. The van der Waals surface area contributed by atoms with E-state index in [1.165, 1.54) is 295 Å². The number of aliphatic hydroxyl groups is 11. The zero-order valence-corrected chi connectivity index (χ0v) is 69.1. The van der Waals surface area contributed by atoms with Crippen LogP contribution in [-0.4, -0.2) is 215 Å². The molecule has 0 bridgehead atoms. The van der Waals surface area contributed by atoms with E-state index in [4.69, 9.17) is 28.4 Å². The van der Waals surface area contributed by atoms with Gasteiger partial charge in [-0.3, -0.25) is 9.59 Å². The summed E-state index contributed by atoms with van der Waals surface area (Å²) in [6, 6.07) is -2.62. The van der Waals surface area contributed by atoms with E-state index >= 15 is 0 Å². The Hall–Kier alpha value is -2.53. The van der Waals surface area contributed by atoms with Gasteiger partial charge in [0.25, 0.3) is 5.79 Å². The molecule has 0 aromatic carbocycles. The lowest BCUT2D eigenvalue weighted by Crippen LogP contribution is -2.70. The maximum Gasteiger partial charge on any atom is 0.364 e. The molecule has 18 atom stereocenters. The summed E-state index contributed by atoms with van der Waals surface area (Å²) in [7, 11) is 0. The smallest absolute Gasteiger partial charge is 0.364 e. The first-order valence-corrected chi connectivity index (χ1v) is 45.1. The average Bonchev–Trinajstić information content (AvgIpc) is 0.754. The summed E-state index contributed by atoms with van der Waals surface area (Å²) >= 11 is 0. The van der Waals surface area contributed by atoms with E-state index in [0.717, 1.165) is 51.9 Å². The standard InChI is InChI=1S/C87H164N2O21/c1-4-6-8-10-12-14-16-18-20-22-24-26-28-29-30-31-32-33-34-35-36-37-39-41-43-45-47-49-51-53-55-57-59-61-74(97)89-68(69(94)60-58-56-54-52-50-48-46-44-42-40-38-27-25-23-21-19-17-15-13-11-9-7-5-2)66-105-84-79(101)78(100)81(73(65-92)107-84)108-85-80(102)83(77(99)72(64-91)106-85)110-87(86(103)104)62-70(95)75(88-67(3)93)82(109-87)76(98)71(96)63-90/h58,60,68-73,75-85,90-92,94-96,98-102H,4-57,59,61-66H2,1-3H3,(H,88,93)(H,89,97)(H,103,104)/b60-58+. The number of hydrogen-bond donors (Lipinski definition) is 14. The quantitative estimate of drug-likeness (QED) is 0.0199. The lowest BCUT2D eigenvalue weighted by Gasteiger charge is -2.50. The third-order valence-electron chi connectivity index (χ3n) is 23.0. The number of unbranched alkanes of at least 4 members (excludes halogenated alkanes) is 53. The molecule has 110 heavy (non-hydrogen) atoms. The van der Waals surface area contributed by atoms with E-state index in [1.54, 1.807) is 6.08 Å². The fourth-order valence-electron chi connectivity index (χ4n) is 15.9. The lowest BCUT2D eigenvalue weighted by molar-refractivity contribution is -0.386. The minimum atomic E-state index is -3.08. The van der Waals surface area contributed by atoms with E-state index in [1.807, 2.05) is 6.08 Å². The second kappa shape index (κ2) is 65.5. The number of allylic oxidation sites excluding steroid dienone is 1. The van der Waals surface area contributed by atoms with Crippen molar-refractivity contribution in [2.45, 2.75) is 497 Å². The van der Waals surface area contributed by atoms with Crippen molar-refractivity contribution in [2.75, 3.05) is 26.4 Å². The number of carboxylic acid groups (broad SMARTS) is 1. The molecule has 23 nitrogen and oxygen atoms in total.